The van der Waals surface area contributed by atoms with Gasteiger partial charge in [0.15, 0.2) is 0 Å². The SMILES string of the molecule is COc1ccc([N+](=O)[O-])c(NCc2cc(C)c(C)s2)n1. The van der Waals surface area contributed by atoms with Gasteiger partial charge in [-0.15, -0.1) is 11.3 Å². The molecule has 106 valence electrons. The molecule has 0 aliphatic heterocycles. The maximum absolute atomic E-state index is 11.0. The Morgan fingerprint density at radius 3 is 2.75 bits per heavy atom. The largest absolute Gasteiger partial charge is 0.481 e. The van der Waals surface area contributed by atoms with E-state index < -0.39 is 4.92 Å². The van der Waals surface area contributed by atoms with Gasteiger partial charge in [0.1, 0.15) is 0 Å². The zero-order valence-corrected chi connectivity index (χ0v) is 12.3. The van der Waals surface area contributed by atoms with Crippen molar-refractivity contribution in [2.45, 2.75) is 20.4 Å². The molecule has 0 bridgehead atoms. The molecule has 0 saturated heterocycles. The van der Waals surface area contributed by atoms with Gasteiger partial charge in [-0.05, 0) is 25.5 Å². The Hall–Kier alpha value is -2.15. The number of methoxy groups -OCH3 is 1. The predicted molar refractivity (Wildman–Crippen MR) is 78.6 cm³/mol. The molecule has 1 N–H and O–H groups in total. The Balaban J connectivity index is 2.20. The van der Waals surface area contributed by atoms with E-state index in [1.807, 2.05) is 6.92 Å². The van der Waals surface area contributed by atoms with Gasteiger partial charge >= 0.3 is 5.69 Å². The van der Waals surface area contributed by atoms with E-state index >= 15 is 0 Å². The lowest BCUT2D eigenvalue weighted by Crippen LogP contribution is -2.04. The van der Waals surface area contributed by atoms with E-state index in [9.17, 15) is 10.1 Å². The fraction of sp³-hybridized carbons (Fsp3) is 0.308. The molecular formula is C13H15N3O3S. The average Bonchev–Trinajstić information content (AvgIpc) is 2.75. The molecule has 2 aromatic rings. The summed E-state index contributed by atoms with van der Waals surface area (Å²) in [7, 11) is 1.48. The van der Waals surface area contributed by atoms with Crippen molar-refractivity contribution in [3.63, 3.8) is 0 Å². The Kier molecular flexibility index (Phi) is 4.19. The fourth-order valence-corrected chi connectivity index (χ4v) is 2.73. The Morgan fingerprint density at radius 1 is 1.45 bits per heavy atom. The van der Waals surface area contributed by atoms with Crippen LogP contribution in [0.4, 0.5) is 11.5 Å². The number of aromatic nitrogens is 1. The topological polar surface area (TPSA) is 77.3 Å². The molecule has 0 aliphatic carbocycles. The van der Waals surface area contributed by atoms with Crippen LogP contribution in [0.2, 0.25) is 0 Å². The first-order chi connectivity index (χ1) is 9.51. The first-order valence-corrected chi connectivity index (χ1v) is 6.82. The highest BCUT2D eigenvalue weighted by Crippen LogP contribution is 2.27. The number of nitrogens with one attached hydrogen (secondary N) is 1. The molecule has 0 aromatic carbocycles. The third kappa shape index (κ3) is 3.05. The number of hydrogen-bond donors (Lipinski definition) is 1. The second-order valence-electron chi connectivity index (χ2n) is 4.28. The highest BCUT2D eigenvalue weighted by Gasteiger charge is 2.16. The first-order valence-electron chi connectivity index (χ1n) is 6.00. The average molecular weight is 293 g/mol. The van der Waals surface area contributed by atoms with Gasteiger partial charge in [0, 0.05) is 21.9 Å². The second kappa shape index (κ2) is 5.87. The summed E-state index contributed by atoms with van der Waals surface area (Å²) in [6, 6.07) is 4.93. The molecule has 0 spiro atoms. The predicted octanol–water partition coefficient (Wildman–Crippen LogP) is 3.29. The second-order valence-corrected chi connectivity index (χ2v) is 5.62. The van der Waals surface area contributed by atoms with Crippen molar-refractivity contribution in [1.82, 2.24) is 4.98 Å². The highest BCUT2D eigenvalue weighted by molar-refractivity contribution is 7.12. The third-order valence-corrected chi connectivity index (χ3v) is 4.05. The first kappa shape index (κ1) is 14.3. The minimum atomic E-state index is -0.459. The summed E-state index contributed by atoms with van der Waals surface area (Å²) in [5, 5.41) is 14.0. The molecule has 0 fully saturated rings. The molecule has 6 nitrogen and oxygen atoms in total. The number of thiophene rings is 1. The van der Waals surface area contributed by atoms with E-state index in [2.05, 4.69) is 23.3 Å². The normalized spacial score (nSPS) is 10.3. The summed E-state index contributed by atoms with van der Waals surface area (Å²) < 4.78 is 4.99. The quantitative estimate of drug-likeness (QED) is 0.676. The van der Waals surface area contributed by atoms with Crippen molar-refractivity contribution in [1.29, 1.82) is 0 Å². The van der Waals surface area contributed by atoms with E-state index in [4.69, 9.17) is 4.74 Å². The van der Waals surface area contributed by atoms with Crippen LogP contribution in [0.1, 0.15) is 15.3 Å². The van der Waals surface area contributed by atoms with Crippen LogP contribution in [0.15, 0.2) is 18.2 Å². The van der Waals surface area contributed by atoms with Crippen molar-refractivity contribution < 1.29 is 9.66 Å². The van der Waals surface area contributed by atoms with Gasteiger partial charge in [-0.2, -0.15) is 4.98 Å². The van der Waals surface area contributed by atoms with Gasteiger partial charge in [0.05, 0.1) is 18.6 Å². The van der Waals surface area contributed by atoms with E-state index in [-0.39, 0.29) is 11.5 Å². The van der Waals surface area contributed by atoms with Gasteiger partial charge in [0.25, 0.3) is 0 Å². The molecule has 0 radical (unpaired) electrons. The smallest absolute Gasteiger partial charge is 0.311 e. The van der Waals surface area contributed by atoms with Gasteiger partial charge in [-0.3, -0.25) is 10.1 Å². The molecule has 0 aliphatic rings. The third-order valence-electron chi connectivity index (χ3n) is 2.90. The number of aryl methyl sites for hydroxylation is 2. The molecular weight excluding hydrogens is 278 g/mol. The van der Waals surface area contributed by atoms with Crippen LogP contribution in [-0.2, 0) is 6.54 Å². The van der Waals surface area contributed by atoms with Crippen LogP contribution < -0.4 is 10.1 Å². The van der Waals surface area contributed by atoms with Crippen LogP contribution in [-0.4, -0.2) is 17.0 Å². The molecule has 20 heavy (non-hydrogen) atoms. The fourth-order valence-electron chi connectivity index (χ4n) is 1.73. The number of anilines is 1. The van der Waals surface area contributed by atoms with Crippen molar-refractivity contribution in [2.24, 2.45) is 0 Å². The van der Waals surface area contributed by atoms with Crippen molar-refractivity contribution >= 4 is 22.8 Å². The van der Waals surface area contributed by atoms with Gasteiger partial charge in [-0.1, -0.05) is 0 Å². The van der Waals surface area contributed by atoms with Gasteiger partial charge in [0.2, 0.25) is 11.7 Å². The number of ether oxygens (including phenoxy) is 1. The number of nitrogens with zero attached hydrogens (tertiary/aromatic N) is 2. The summed E-state index contributed by atoms with van der Waals surface area (Å²) in [5.41, 5.74) is 1.16. The van der Waals surface area contributed by atoms with E-state index in [1.165, 1.54) is 29.7 Å². The monoisotopic (exact) mass is 293 g/mol. The Morgan fingerprint density at radius 2 is 2.20 bits per heavy atom. The van der Waals surface area contributed by atoms with E-state index in [1.54, 1.807) is 11.3 Å². The maximum atomic E-state index is 11.0. The number of rotatable bonds is 5. The Bertz CT molecular complexity index is 620. The van der Waals surface area contributed by atoms with Crippen LogP contribution in [0.5, 0.6) is 5.88 Å². The molecule has 0 unspecified atom stereocenters. The van der Waals surface area contributed by atoms with E-state index in [0.717, 1.165) is 4.88 Å². The molecule has 0 atom stereocenters. The Labute approximate surface area is 120 Å². The number of nitro groups is 1. The summed E-state index contributed by atoms with van der Waals surface area (Å²) in [5.74, 6) is 0.565. The van der Waals surface area contributed by atoms with E-state index in [0.29, 0.717) is 12.4 Å². The van der Waals surface area contributed by atoms with Crippen LogP contribution >= 0.6 is 11.3 Å². The molecule has 7 heteroatoms. The standard InChI is InChI=1S/C13H15N3O3S/c1-8-6-10(20-9(8)2)7-14-13-11(16(17)18)4-5-12(15-13)19-3/h4-6H,7H2,1-3H3,(H,14,15). The minimum absolute atomic E-state index is 0.0594. The highest BCUT2D eigenvalue weighted by atomic mass is 32.1. The zero-order chi connectivity index (χ0) is 14.7. The van der Waals surface area contributed by atoms with Gasteiger partial charge < -0.3 is 10.1 Å². The van der Waals surface area contributed by atoms with Crippen molar-refractivity contribution in [2.75, 3.05) is 12.4 Å². The maximum Gasteiger partial charge on any atom is 0.311 e. The van der Waals surface area contributed by atoms with Crippen molar-refractivity contribution in [3.05, 3.63) is 43.6 Å². The van der Waals surface area contributed by atoms with Gasteiger partial charge in [-0.25, -0.2) is 0 Å². The van der Waals surface area contributed by atoms with Crippen LogP contribution in [0, 0.1) is 24.0 Å². The molecule has 0 amide bonds. The number of pyridine rings is 1. The van der Waals surface area contributed by atoms with Crippen LogP contribution in [0.25, 0.3) is 0 Å². The van der Waals surface area contributed by atoms with Crippen molar-refractivity contribution in [3.8, 4) is 5.88 Å². The summed E-state index contributed by atoms with van der Waals surface area (Å²) >= 11 is 1.67. The molecule has 2 aromatic heterocycles. The summed E-state index contributed by atoms with van der Waals surface area (Å²) in [6.07, 6.45) is 0. The zero-order valence-electron chi connectivity index (χ0n) is 11.5. The molecule has 0 saturated carbocycles. The summed E-state index contributed by atoms with van der Waals surface area (Å²) in [4.78, 5) is 17.0. The minimum Gasteiger partial charge on any atom is -0.481 e. The molecule has 2 heterocycles. The lowest BCUT2D eigenvalue weighted by atomic mass is 10.3. The molecule has 2 rings (SSSR count). The van der Waals surface area contributed by atoms with Crippen LogP contribution in [0.3, 0.4) is 0 Å². The lowest BCUT2D eigenvalue weighted by molar-refractivity contribution is -0.384. The summed E-state index contributed by atoms with van der Waals surface area (Å²) in [6.45, 7) is 4.59. The number of hydrogen-bond acceptors (Lipinski definition) is 6. The lowest BCUT2D eigenvalue weighted by Gasteiger charge is -2.06.